The van der Waals surface area contributed by atoms with E-state index in [9.17, 15) is 26.4 Å². The first-order valence-electron chi connectivity index (χ1n) is 9.27. The third-order valence-corrected chi connectivity index (χ3v) is 5.84. The van der Waals surface area contributed by atoms with E-state index in [1.54, 1.807) is 0 Å². The van der Waals surface area contributed by atoms with E-state index in [1.807, 2.05) is 0 Å². The molecule has 2 aromatic carbocycles. The number of alkyl halides is 3. The number of anilines is 1. The Morgan fingerprint density at radius 3 is 2.68 bits per heavy atom. The van der Waals surface area contributed by atoms with Gasteiger partial charge in [-0.15, -0.1) is 0 Å². The standard InChI is InChI=1S/C21H18F3NO5S/c22-21(23,24)16-6-8-18(14(12-16)4-2-1-3-5-20(26)27)25-31(28,29)17-7-9-19-15(13-17)10-11-30-19/h6-9,12-13,25H,1,3,5,10-11H2,(H,26,27). The summed E-state index contributed by atoms with van der Waals surface area (Å²) in [4.78, 5) is 10.5. The summed E-state index contributed by atoms with van der Waals surface area (Å²) in [6.07, 6.45) is -3.83. The van der Waals surface area contributed by atoms with Gasteiger partial charge in [0.05, 0.1) is 22.8 Å². The molecule has 1 aliphatic heterocycles. The fourth-order valence-electron chi connectivity index (χ4n) is 2.93. The van der Waals surface area contributed by atoms with Crippen molar-refractivity contribution in [1.82, 2.24) is 0 Å². The molecule has 0 amide bonds. The average molecular weight is 453 g/mol. The lowest BCUT2D eigenvalue weighted by atomic mass is 10.1. The molecule has 0 aliphatic carbocycles. The zero-order valence-electron chi connectivity index (χ0n) is 16.1. The van der Waals surface area contributed by atoms with E-state index < -0.39 is 27.7 Å². The first-order chi connectivity index (χ1) is 14.6. The molecule has 0 unspecified atom stereocenters. The van der Waals surface area contributed by atoms with Crippen LogP contribution < -0.4 is 9.46 Å². The van der Waals surface area contributed by atoms with Crippen LogP contribution in [0.2, 0.25) is 0 Å². The van der Waals surface area contributed by atoms with Crippen molar-refractivity contribution in [3.8, 4) is 17.6 Å². The SMILES string of the molecule is O=C(O)CCCC#Cc1cc(C(F)(F)F)ccc1NS(=O)(=O)c1ccc2c(c1)CCO2. The van der Waals surface area contributed by atoms with E-state index in [0.29, 0.717) is 18.8 Å². The summed E-state index contributed by atoms with van der Waals surface area (Å²) < 4.78 is 72.5. The zero-order valence-corrected chi connectivity index (χ0v) is 16.9. The van der Waals surface area contributed by atoms with Crippen LogP contribution in [0.4, 0.5) is 18.9 Å². The molecule has 0 aromatic heterocycles. The summed E-state index contributed by atoms with van der Waals surface area (Å²) in [7, 11) is -4.08. The quantitative estimate of drug-likeness (QED) is 0.509. The Balaban J connectivity index is 1.90. The molecular formula is C21H18F3NO5S. The van der Waals surface area contributed by atoms with E-state index in [0.717, 1.165) is 23.8 Å². The Morgan fingerprint density at radius 2 is 1.97 bits per heavy atom. The Labute approximate surface area is 177 Å². The molecule has 0 spiro atoms. The summed E-state index contributed by atoms with van der Waals surface area (Å²) in [5, 5.41) is 8.64. The first kappa shape index (κ1) is 22.5. The number of carboxylic acid groups (broad SMARTS) is 1. The molecule has 0 radical (unpaired) electrons. The van der Waals surface area contributed by atoms with Crippen LogP contribution in [-0.4, -0.2) is 26.1 Å². The summed E-state index contributed by atoms with van der Waals surface area (Å²) >= 11 is 0. The number of hydrogen-bond donors (Lipinski definition) is 2. The molecule has 3 rings (SSSR count). The minimum absolute atomic E-state index is 0.0444. The van der Waals surface area contributed by atoms with Crippen LogP contribution in [0.15, 0.2) is 41.3 Å². The average Bonchev–Trinajstić information content (AvgIpc) is 3.15. The van der Waals surface area contributed by atoms with Crippen LogP contribution in [0.3, 0.4) is 0 Å². The van der Waals surface area contributed by atoms with Gasteiger partial charge in [0.25, 0.3) is 10.0 Å². The Kier molecular flexibility index (Phi) is 6.45. The number of rotatable bonds is 6. The Hall–Kier alpha value is -3.19. The number of carbonyl (C=O) groups is 1. The largest absolute Gasteiger partial charge is 0.493 e. The number of carboxylic acids is 1. The maximum atomic E-state index is 13.1. The van der Waals surface area contributed by atoms with Crippen molar-refractivity contribution < 1.29 is 36.2 Å². The number of aliphatic carboxylic acids is 1. The molecule has 10 heteroatoms. The molecule has 6 nitrogen and oxygen atoms in total. The molecule has 164 valence electrons. The number of hydrogen-bond acceptors (Lipinski definition) is 4. The van der Waals surface area contributed by atoms with E-state index >= 15 is 0 Å². The lowest BCUT2D eigenvalue weighted by Crippen LogP contribution is -2.15. The van der Waals surface area contributed by atoms with Crippen LogP contribution in [-0.2, 0) is 27.4 Å². The molecule has 1 aliphatic rings. The lowest BCUT2D eigenvalue weighted by molar-refractivity contribution is -0.138. The number of unbranched alkanes of at least 4 members (excludes halogenated alkanes) is 1. The molecule has 0 fully saturated rings. The van der Waals surface area contributed by atoms with Gasteiger partial charge in [-0.25, -0.2) is 8.42 Å². The zero-order chi connectivity index (χ0) is 22.6. The van der Waals surface area contributed by atoms with Crippen LogP contribution in [0, 0.1) is 11.8 Å². The Bertz CT molecular complexity index is 1160. The van der Waals surface area contributed by atoms with E-state index in [4.69, 9.17) is 9.84 Å². The summed E-state index contributed by atoms with van der Waals surface area (Å²) in [6, 6.07) is 6.90. The molecule has 0 bridgehead atoms. The molecular weight excluding hydrogens is 435 g/mol. The third kappa shape index (κ3) is 5.70. The highest BCUT2D eigenvalue weighted by molar-refractivity contribution is 7.92. The van der Waals surface area contributed by atoms with Gasteiger partial charge in [-0.1, -0.05) is 11.8 Å². The first-order valence-corrected chi connectivity index (χ1v) is 10.7. The van der Waals surface area contributed by atoms with Crippen LogP contribution in [0.5, 0.6) is 5.75 Å². The maximum Gasteiger partial charge on any atom is 0.416 e. The van der Waals surface area contributed by atoms with Crippen LogP contribution in [0.25, 0.3) is 0 Å². The summed E-state index contributed by atoms with van der Waals surface area (Å²) in [6.45, 7) is 0.451. The number of benzene rings is 2. The number of halogens is 3. The number of nitrogens with one attached hydrogen (secondary N) is 1. The third-order valence-electron chi connectivity index (χ3n) is 4.48. The van der Waals surface area contributed by atoms with Gasteiger partial charge in [0, 0.05) is 24.8 Å². The molecule has 0 saturated carbocycles. The van der Waals surface area contributed by atoms with Gasteiger partial charge in [0.15, 0.2) is 0 Å². The van der Waals surface area contributed by atoms with Gasteiger partial charge in [-0.3, -0.25) is 9.52 Å². The highest BCUT2D eigenvalue weighted by Gasteiger charge is 2.31. The number of sulfonamides is 1. The van der Waals surface area contributed by atoms with Crippen molar-refractivity contribution in [3.05, 3.63) is 53.1 Å². The van der Waals surface area contributed by atoms with Crippen LogP contribution >= 0.6 is 0 Å². The molecule has 2 N–H and O–H groups in total. The van der Waals surface area contributed by atoms with Crippen LogP contribution in [0.1, 0.15) is 36.0 Å². The van der Waals surface area contributed by atoms with Gasteiger partial charge < -0.3 is 9.84 Å². The maximum absolute atomic E-state index is 13.1. The van der Waals surface area contributed by atoms with E-state index in [-0.39, 0.29) is 35.4 Å². The number of ether oxygens (including phenoxy) is 1. The van der Waals surface area contributed by atoms with Gasteiger partial charge in [0.1, 0.15) is 5.75 Å². The highest BCUT2D eigenvalue weighted by atomic mass is 32.2. The lowest BCUT2D eigenvalue weighted by Gasteiger charge is -2.13. The normalized spacial score (nSPS) is 13.0. The van der Waals surface area contributed by atoms with Gasteiger partial charge in [0.2, 0.25) is 0 Å². The van der Waals surface area contributed by atoms with Gasteiger partial charge in [-0.2, -0.15) is 13.2 Å². The second-order valence-electron chi connectivity index (χ2n) is 6.78. The fourth-order valence-corrected chi connectivity index (χ4v) is 4.06. The minimum Gasteiger partial charge on any atom is -0.493 e. The van der Waals surface area contributed by atoms with Crippen molar-refractivity contribution in [3.63, 3.8) is 0 Å². The van der Waals surface area contributed by atoms with E-state index in [1.165, 1.54) is 18.2 Å². The molecule has 0 atom stereocenters. The highest BCUT2D eigenvalue weighted by Crippen LogP contribution is 2.33. The molecule has 2 aromatic rings. The van der Waals surface area contributed by atoms with E-state index in [2.05, 4.69) is 16.6 Å². The van der Waals surface area contributed by atoms with Crippen molar-refractivity contribution in [2.24, 2.45) is 0 Å². The number of fused-ring (bicyclic) bond motifs is 1. The summed E-state index contributed by atoms with van der Waals surface area (Å²) in [5.74, 6) is 4.72. The smallest absolute Gasteiger partial charge is 0.416 e. The second-order valence-corrected chi connectivity index (χ2v) is 8.46. The Morgan fingerprint density at radius 1 is 1.19 bits per heavy atom. The monoisotopic (exact) mass is 453 g/mol. The van der Waals surface area contributed by atoms with Gasteiger partial charge in [-0.05, 0) is 48.4 Å². The second kappa shape index (κ2) is 8.89. The minimum atomic E-state index is -4.63. The summed E-state index contributed by atoms with van der Waals surface area (Å²) in [5.41, 5.74) is -0.498. The van der Waals surface area contributed by atoms with Crippen molar-refractivity contribution >= 4 is 21.7 Å². The van der Waals surface area contributed by atoms with Crippen molar-refractivity contribution in [1.29, 1.82) is 0 Å². The molecule has 1 heterocycles. The van der Waals surface area contributed by atoms with Gasteiger partial charge >= 0.3 is 12.1 Å². The fraction of sp³-hybridized carbons (Fsp3) is 0.286. The van der Waals surface area contributed by atoms with Crippen molar-refractivity contribution in [2.75, 3.05) is 11.3 Å². The topological polar surface area (TPSA) is 92.7 Å². The molecule has 0 saturated heterocycles. The predicted octanol–water partition coefficient (Wildman–Crippen LogP) is 4.05. The van der Waals surface area contributed by atoms with Crippen molar-refractivity contribution in [2.45, 2.75) is 36.8 Å². The molecule has 31 heavy (non-hydrogen) atoms. The predicted molar refractivity (Wildman–Crippen MR) is 106 cm³/mol.